The van der Waals surface area contributed by atoms with E-state index >= 15 is 0 Å². The minimum atomic E-state index is -3.81. The highest BCUT2D eigenvalue weighted by Crippen LogP contribution is 2.31. The van der Waals surface area contributed by atoms with E-state index in [0.717, 1.165) is 22.3 Å². The van der Waals surface area contributed by atoms with E-state index in [9.17, 15) is 18.5 Å². The molecule has 0 N–H and O–H groups in total. The zero-order chi connectivity index (χ0) is 22.9. The molecule has 0 radical (unpaired) electrons. The van der Waals surface area contributed by atoms with E-state index in [1.165, 1.54) is 27.8 Å². The molecule has 4 rings (SSSR count). The molecule has 168 valence electrons. The minimum absolute atomic E-state index is 0.0102. The van der Waals surface area contributed by atoms with Crippen molar-refractivity contribution < 1.29 is 13.3 Å². The number of rotatable bonds is 6. The van der Waals surface area contributed by atoms with Crippen LogP contribution in [0.15, 0.2) is 52.7 Å². The van der Waals surface area contributed by atoms with Gasteiger partial charge in [0.15, 0.2) is 0 Å². The quantitative estimate of drug-likeness (QED) is 0.378. The van der Waals surface area contributed by atoms with Gasteiger partial charge in [0.2, 0.25) is 10.0 Å². The molecule has 1 saturated heterocycles. The van der Waals surface area contributed by atoms with Crippen LogP contribution >= 0.6 is 22.9 Å². The van der Waals surface area contributed by atoms with Gasteiger partial charge in [-0.3, -0.25) is 15.0 Å². The fourth-order valence-corrected chi connectivity index (χ4v) is 6.41. The van der Waals surface area contributed by atoms with Gasteiger partial charge in [0.05, 0.1) is 20.5 Å². The molecule has 11 heteroatoms. The number of halogens is 1. The van der Waals surface area contributed by atoms with E-state index in [1.807, 2.05) is 29.6 Å². The van der Waals surface area contributed by atoms with E-state index in [-0.39, 0.29) is 10.6 Å². The number of aromatic nitrogens is 1. The molecule has 0 bridgehead atoms. The van der Waals surface area contributed by atoms with Gasteiger partial charge in [0.25, 0.3) is 5.69 Å². The maximum absolute atomic E-state index is 13.1. The number of non-ortho nitro benzene ring substituents is 1. The smallest absolute Gasteiger partial charge is 0.270 e. The van der Waals surface area contributed by atoms with E-state index in [1.54, 1.807) is 6.92 Å². The van der Waals surface area contributed by atoms with Crippen molar-refractivity contribution >= 4 is 38.6 Å². The first-order chi connectivity index (χ1) is 15.3. The maximum atomic E-state index is 13.1. The summed E-state index contributed by atoms with van der Waals surface area (Å²) in [7, 11) is -3.81. The third-order valence-electron chi connectivity index (χ3n) is 5.37. The van der Waals surface area contributed by atoms with Gasteiger partial charge >= 0.3 is 0 Å². The van der Waals surface area contributed by atoms with Crippen molar-refractivity contribution in [2.45, 2.75) is 18.4 Å². The van der Waals surface area contributed by atoms with E-state index in [0.29, 0.717) is 43.3 Å². The molecule has 1 aliphatic rings. The van der Waals surface area contributed by atoms with Crippen LogP contribution in [0.4, 0.5) is 5.69 Å². The Hall–Kier alpha value is -2.37. The number of thiazole rings is 1. The van der Waals surface area contributed by atoms with Gasteiger partial charge in [-0.2, -0.15) is 4.31 Å². The van der Waals surface area contributed by atoms with Crippen LogP contribution in [0.25, 0.3) is 10.6 Å². The summed E-state index contributed by atoms with van der Waals surface area (Å²) in [5, 5.41) is 14.6. The Morgan fingerprint density at radius 1 is 1.16 bits per heavy atom. The molecule has 2 heterocycles. The van der Waals surface area contributed by atoms with Crippen LogP contribution in [0.5, 0.6) is 0 Å². The van der Waals surface area contributed by atoms with Crippen LogP contribution in [0.2, 0.25) is 5.02 Å². The van der Waals surface area contributed by atoms with Gasteiger partial charge < -0.3 is 0 Å². The Kier molecular flexibility index (Phi) is 6.59. The summed E-state index contributed by atoms with van der Waals surface area (Å²) in [4.78, 5) is 17.3. The van der Waals surface area contributed by atoms with Crippen LogP contribution in [0.3, 0.4) is 0 Å². The third-order valence-corrected chi connectivity index (χ3v) is 8.67. The number of hydrogen-bond donors (Lipinski definition) is 0. The second-order valence-corrected chi connectivity index (χ2v) is 10.7. The van der Waals surface area contributed by atoms with Crippen molar-refractivity contribution in [2.75, 3.05) is 26.2 Å². The van der Waals surface area contributed by atoms with Crippen molar-refractivity contribution in [3.8, 4) is 10.6 Å². The summed E-state index contributed by atoms with van der Waals surface area (Å²) in [6.45, 7) is 3.98. The van der Waals surface area contributed by atoms with Crippen LogP contribution < -0.4 is 0 Å². The number of hydrogen-bond acceptors (Lipinski definition) is 7. The Morgan fingerprint density at radius 2 is 1.88 bits per heavy atom. The number of nitrogens with zero attached hydrogens (tertiary/aromatic N) is 4. The number of nitro benzene ring substituents is 1. The number of aryl methyl sites for hydroxylation is 1. The Morgan fingerprint density at radius 3 is 2.56 bits per heavy atom. The normalized spacial score (nSPS) is 15.7. The van der Waals surface area contributed by atoms with E-state index in [2.05, 4.69) is 9.88 Å². The van der Waals surface area contributed by atoms with Gasteiger partial charge in [0.1, 0.15) is 5.01 Å². The predicted molar refractivity (Wildman–Crippen MR) is 124 cm³/mol. The highest BCUT2D eigenvalue weighted by Gasteiger charge is 2.31. The second kappa shape index (κ2) is 9.24. The van der Waals surface area contributed by atoms with Gasteiger partial charge in [0, 0.05) is 55.8 Å². The minimum Gasteiger partial charge on any atom is -0.295 e. The first kappa shape index (κ1) is 22.8. The zero-order valence-corrected chi connectivity index (χ0v) is 19.7. The van der Waals surface area contributed by atoms with Crippen LogP contribution in [0, 0.1) is 17.0 Å². The van der Waals surface area contributed by atoms with Crippen LogP contribution in [-0.4, -0.2) is 53.7 Å². The first-order valence-electron chi connectivity index (χ1n) is 9.92. The lowest BCUT2D eigenvalue weighted by molar-refractivity contribution is -0.385. The molecule has 0 amide bonds. The molecule has 1 aliphatic heterocycles. The summed E-state index contributed by atoms with van der Waals surface area (Å²) in [6, 6.07) is 11.5. The van der Waals surface area contributed by atoms with Crippen molar-refractivity contribution in [1.29, 1.82) is 0 Å². The summed E-state index contributed by atoms with van der Waals surface area (Å²) in [5.41, 5.74) is 2.07. The average molecular weight is 493 g/mol. The fourth-order valence-electron chi connectivity index (χ4n) is 3.61. The molecule has 0 aliphatic carbocycles. The highest BCUT2D eigenvalue weighted by molar-refractivity contribution is 7.89. The third kappa shape index (κ3) is 4.69. The Bertz CT molecular complexity index is 1250. The molecule has 1 aromatic heterocycles. The molecule has 32 heavy (non-hydrogen) atoms. The van der Waals surface area contributed by atoms with E-state index < -0.39 is 14.9 Å². The summed E-state index contributed by atoms with van der Waals surface area (Å²) in [5.74, 6) is 0. The van der Waals surface area contributed by atoms with Crippen molar-refractivity contribution in [3.05, 3.63) is 74.2 Å². The first-order valence-corrected chi connectivity index (χ1v) is 12.6. The fraction of sp³-hybridized carbons (Fsp3) is 0.286. The van der Waals surface area contributed by atoms with Gasteiger partial charge in [-0.1, -0.05) is 35.9 Å². The number of benzene rings is 2. The summed E-state index contributed by atoms with van der Waals surface area (Å²) < 4.78 is 27.6. The second-order valence-electron chi connectivity index (χ2n) is 7.51. The topological polar surface area (TPSA) is 96.6 Å². The van der Waals surface area contributed by atoms with Crippen molar-refractivity contribution in [1.82, 2.24) is 14.2 Å². The highest BCUT2D eigenvalue weighted by atomic mass is 35.5. The van der Waals surface area contributed by atoms with Gasteiger partial charge in [-0.25, -0.2) is 13.4 Å². The number of piperazine rings is 1. The Balaban J connectivity index is 1.42. The summed E-state index contributed by atoms with van der Waals surface area (Å²) >= 11 is 7.79. The predicted octanol–water partition coefficient (Wildman–Crippen LogP) is 4.19. The molecule has 1 fully saturated rings. The molecule has 2 aromatic carbocycles. The van der Waals surface area contributed by atoms with Gasteiger partial charge in [-0.05, 0) is 18.6 Å². The lowest BCUT2D eigenvalue weighted by Crippen LogP contribution is -2.48. The van der Waals surface area contributed by atoms with E-state index in [4.69, 9.17) is 11.6 Å². The lowest BCUT2D eigenvalue weighted by Gasteiger charge is -2.33. The molecule has 0 saturated carbocycles. The van der Waals surface area contributed by atoms with Crippen LogP contribution in [0.1, 0.15) is 11.3 Å². The molecular weight excluding hydrogens is 472 g/mol. The monoisotopic (exact) mass is 492 g/mol. The standard InChI is InChI=1S/C21H21ClN4O4S2/c1-15-6-7-17(26(27)28)12-20(15)32(29,30)25-10-8-24(9-11-25)13-16-14-31-21(23-16)18-4-2-3-5-19(18)22/h2-7,12,14H,8-11,13H2,1H3. The molecule has 0 spiro atoms. The Labute approximate surface area is 195 Å². The largest absolute Gasteiger partial charge is 0.295 e. The zero-order valence-electron chi connectivity index (χ0n) is 17.3. The number of nitro groups is 1. The average Bonchev–Trinajstić information content (AvgIpc) is 3.22. The van der Waals surface area contributed by atoms with Crippen molar-refractivity contribution in [2.24, 2.45) is 0 Å². The molecular formula is C21H21ClN4O4S2. The molecule has 8 nitrogen and oxygen atoms in total. The lowest BCUT2D eigenvalue weighted by atomic mass is 10.2. The number of sulfonamides is 1. The summed E-state index contributed by atoms with van der Waals surface area (Å²) in [6.07, 6.45) is 0. The molecule has 0 atom stereocenters. The SMILES string of the molecule is Cc1ccc([N+](=O)[O-])cc1S(=O)(=O)N1CCN(Cc2csc(-c3ccccc3Cl)n2)CC1. The van der Waals surface area contributed by atoms with Gasteiger partial charge in [-0.15, -0.1) is 11.3 Å². The van der Waals surface area contributed by atoms with Crippen LogP contribution in [-0.2, 0) is 16.6 Å². The molecule has 3 aromatic rings. The maximum Gasteiger partial charge on any atom is 0.270 e. The molecule has 0 unspecified atom stereocenters. The van der Waals surface area contributed by atoms with Crippen molar-refractivity contribution in [3.63, 3.8) is 0 Å².